The van der Waals surface area contributed by atoms with Crippen molar-refractivity contribution >= 4 is 29.4 Å². The molecule has 1 aliphatic rings. The van der Waals surface area contributed by atoms with E-state index in [2.05, 4.69) is 5.32 Å². The average Bonchev–Trinajstić information content (AvgIpc) is 3.50. The predicted octanol–water partition coefficient (Wildman–Crippen LogP) is 2.61. The first-order valence-corrected chi connectivity index (χ1v) is 11.0. The second-order valence-corrected chi connectivity index (χ2v) is 7.92. The summed E-state index contributed by atoms with van der Waals surface area (Å²) in [6.45, 7) is 3.90. The Labute approximate surface area is 192 Å². The fourth-order valence-corrected chi connectivity index (χ4v) is 3.76. The molecule has 3 amide bonds. The Balaban J connectivity index is 1.54. The summed E-state index contributed by atoms with van der Waals surface area (Å²) in [5.41, 5.74) is 1.60. The summed E-state index contributed by atoms with van der Waals surface area (Å²) in [5, 5.41) is 2.80. The lowest BCUT2D eigenvalue weighted by Crippen LogP contribution is -2.44. The number of esters is 1. The van der Waals surface area contributed by atoms with Crippen molar-refractivity contribution in [1.82, 2.24) is 9.80 Å². The van der Waals surface area contributed by atoms with Crippen molar-refractivity contribution in [3.05, 3.63) is 54.0 Å². The van der Waals surface area contributed by atoms with Crippen LogP contribution in [0.3, 0.4) is 0 Å². The van der Waals surface area contributed by atoms with Crippen molar-refractivity contribution in [1.29, 1.82) is 0 Å². The summed E-state index contributed by atoms with van der Waals surface area (Å²) in [6, 6.07) is 9.74. The highest BCUT2D eigenvalue weighted by Gasteiger charge is 2.37. The van der Waals surface area contributed by atoms with Crippen molar-refractivity contribution in [2.75, 3.05) is 31.6 Å². The minimum absolute atomic E-state index is 0.148. The van der Waals surface area contributed by atoms with E-state index >= 15 is 0 Å². The van der Waals surface area contributed by atoms with Crippen molar-refractivity contribution < 1.29 is 28.3 Å². The third-order valence-electron chi connectivity index (χ3n) is 5.46. The molecule has 2 aromatic rings. The average molecular weight is 456 g/mol. The maximum absolute atomic E-state index is 12.7. The molecule has 0 bridgehead atoms. The fraction of sp³-hybridized carbons (Fsp3) is 0.417. The van der Waals surface area contributed by atoms with Gasteiger partial charge in [0.2, 0.25) is 5.91 Å². The number of para-hydroxylation sites is 1. The lowest BCUT2D eigenvalue weighted by Gasteiger charge is -2.24. The van der Waals surface area contributed by atoms with Gasteiger partial charge in [-0.05, 0) is 49.9 Å². The van der Waals surface area contributed by atoms with Gasteiger partial charge < -0.3 is 24.3 Å². The normalized spacial score (nSPS) is 15.2. The van der Waals surface area contributed by atoms with Crippen LogP contribution in [0.15, 0.2) is 47.1 Å². The second kappa shape index (κ2) is 11.3. The SMILES string of the molecule is CCCN(CC(=O)Nc1ccccc1C)C(=O)COC(=O)C1CCCN1C(=O)c1ccco1. The Bertz CT molecular complexity index is 988. The summed E-state index contributed by atoms with van der Waals surface area (Å²) in [5.74, 6) is -1.66. The monoisotopic (exact) mass is 455 g/mol. The van der Waals surface area contributed by atoms with Crippen LogP contribution in [0.4, 0.5) is 5.69 Å². The van der Waals surface area contributed by atoms with Gasteiger partial charge in [-0.3, -0.25) is 14.4 Å². The van der Waals surface area contributed by atoms with Gasteiger partial charge in [-0.1, -0.05) is 25.1 Å². The molecular formula is C24H29N3O6. The van der Waals surface area contributed by atoms with E-state index < -0.39 is 24.5 Å². The number of nitrogens with zero attached hydrogens (tertiary/aromatic N) is 2. The first-order chi connectivity index (χ1) is 15.9. The molecule has 0 saturated carbocycles. The highest BCUT2D eigenvalue weighted by atomic mass is 16.5. The summed E-state index contributed by atoms with van der Waals surface area (Å²) in [7, 11) is 0. The third-order valence-corrected chi connectivity index (χ3v) is 5.46. The molecule has 0 radical (unpaired) electrons. The largest absolute Gasteiger partial charge is 0.459 e. The van der Waals surface area contributed by atoms with Gasteiger partial charge in [0, 0.05) is 18.8 Å². The number of hydrogen-bond acceptors (Lipinski definition) is 6. The van der Waals surface area contributed by atoms with Crippen LogP contribution in [0.2, 0.25) is 0 Å². The Hall–Kier alpha value is -3.62. The molecule has 9 heteroatoms. The number of amides is 3. The topological polar surface area (TPSA) is 109 Å². The number of furan rings is 1. The van der Waals surface area contributed by atoms with Gasteiger partial charge in [-0.15, -0.1) is 0 Å². The van der Waals surface area contributed by atoms with Gasteiger partial charge in [0.15, 0.2) is 12.4 Å². The molecule has 1 fully saturated rings. The van der Waals surface area contributed by atoms with Crippen LogP contribution >= 0.6 is 0 Å². The maximum atomic E-state index is 12.7. The maximum Gasteiger partial charge on any atom is 0.329 e. The molecule has 9 nitrogen and oxygen atoms in total. The van der Waals surface area contributed by atoms with Crippen LogP contribution in [0.25, 0.3) is 0 Å². The van der Waals surface area contributed by atoms with Crippen molar-refractivity contribution in [3.63, 3.8) is 0 Å². The molecule has 0 aliphatic carbocycles. The number of carbonyl (C=O) groups excluding carboxylic acids is 4. The smallest absolute Gasteiger partial charge is 0.329 e. The van der Waals surface area contributed by atoms with Crippen LogP contribution in [-0.2, 0) is 19.1 Å². The van der Waals surface area contributed by atoms with Gasteiger partial charge in [-0.2, -0.15) is 0 Å². The minimum Gasteiger partial charge on any atom is -0.459 e. The van der Waals surface area contributed by atoms with Crippen molar-refractivity contribution in [2.45, 2.75) is 39.2 Å². The van der Waals surface area contributed by atoms with Gasteiger partial charge in [0.1, 0.15) is 6.04 Å². The minimum atomic E-state index is -0.764. The number of hydrogen-bond donors (Lipinski definition) is 1. The number of aryl methyl sites for hydroxylation is 1. The summed E-state index contributed by atoms with van der Waals surface area (Å²) in [6.07, 6.45) is 3.15. The fourth-order valence-electron chi connectivity index (χ4n) is 3.76. The van der Waals surface area contributed by atoms with E-state index in [-0.39, 0.29) is 24.1 Å². The number of ether oxygens (including phenoxy) is 1. The van der Waals surface area contributed by atoms with Crippen LogP contribution in [0.1, 0.15) is 42.3 Å². The van der Waals surface area contributed by atoms with E-state index in [9.17, 15) is 19.2 Å². The number of likely N-dealkylation sites (tertiary alicyclic amines) is 1. The molecule has 1 atom stereocenters. The summed E-state index contributed by atoms with van der Waals surface area (Å²) in [4.78, 5) is 53.1. The van der Waals surface area contributed by atoms with Crippen LogP contribution in [0.5, 0.6) is 0 Å². The zero-order chi connectivity index (χ0) is 23.8. The molecule has 1 unspecified atom stereocenters. The molecule has 1 aliphatic heterocycles. The van der Waals surface area contributed by atoms with Crippen molar-refractivity contribution in [2.24, 2.45) is 0 Å². The quantitative estimate of drug-likeness (QED) is 0.582. The molecular weight excluding hydrogens is 426 g/mol. The molecule has 0 spiro atoms. The van der Waals surface area contributed by atoms with Crippen LogP contribution in [0, 0.1) is 6.92 Å². The zero-order valence-electron chi connectivity index (χ0n) is 18.9. The number of benzene rings is 1. The lowest BCUT2D eigenvalue weighted by molar-refractivity contribution is -0.155. The molecule has 1 aromatic heterocycles. The molecule has 2 heterocycles. The summed E-state index contributed by atoms with van der Waals surface area (Å²) < 4.78 is 10.4. The van der Waals surface area contributed by atoms with Crippen molar-refractivity contribution in [3.8, 4) is 0 Å². The molecule has 1 aromatic carbocycles. The first-order valence-electron chi connectivity index (χ1n) is 11.0. The van der Waals surface area contributed by atoms with E-state index in [1.54, 1.807) is 12.1 Å². The Morgan fingerprint density at radius 3 is 2.67 bits per heavy atom. The number of anilines is 1. The molecule has 1 N–H and O–H groups in total. The Morgan fingerprint density at radius 2 is 1.97 bits per heavy atom. The van der Waals surface area contributed by atoms with Crippen LogP contribution in [-0.4, -0.2) is 65.8 Å². The van der Waals surface area contributed by atoms with Gasteiger partial charge in [0.05, 0.1) is 12.8 Å². The Kier molecular flexibility index (Phi) is 8.23. The van der Waals surface area contributed by atoms with Gasteiger partial charge in [-0.25, -0.2) is 4.79 Å². The number of rotatable bonds is 9. The van der Waals surface area contributed by atoms with E-state index in [4.69, 9.17) is 9.15 Å². The summed E-state index contributed by atoms with van der Waals surface area (Å²) >= 11 is 0. The lowest BCUT2D eigenvalue weighted by atomic mass is 10.2. The predicted molar refractivity (Wildman–Crippen MR) is 120 cm³/mol. The molecule has 3 rings (SSSR count). The Morgan fingerprint density at radius 1 is 1.18 bits per heavy atom. The van der Waals surface area contributed by atoms with E-state index in [1.807, 2.05) is 32.0 Å². The van der Waals surface area contributed by atoms with Crippen LogP contribution < -0.4 is 5.32 Å². The molecule has 176 valence electrons. The van der Waals surface area contributed by atoms with E-state index in [0.717, 1.165) is 5.56 Å². The van der Waals surface area contributed by atoms with E-state index in [0.29, 0.717) is 38.0 Å². The zero-order valence-corrected chi connectivity index (χ0v) is 18.9. The number of carbonyl (C=O) groups is 4. The third kappa shape index (κ3) is 6.21. The van der Waals surface area contributed by atoms with E-state index in [1.165, 1.54) is 22.1 Å². The van der Waals surface area contributed by atoms with Gasteiger partial charge >= 0.3 is 5.97 Å². The van der Waals surface area contributed by atoms with Gasteiger partial charge in [0.25, 0.3) is 11.8 Å². The molecule has 33 heavy (non-hydrogen) atoms. The highest BCUT2D eigenvalue weighted by Crippen LogP contribution is 2.21. The standard InChI is InChI=1S/C24H29N3O6/c1-3-12-26(15-21(28)25-18-9-5-4-8-17(18)2)22(29)16-33-24(31)19-10-6-13-27(19)23(30)20-11-7-14-32-20/h4-5,7-9,11,14,19H,3,6,10,12-13,15-16H2,1-2H3,(H,25,28). The second-order valence-electron chi connectivity index (χ2n) is 7.92. The highest BCUT2D eigenvalue weighted by molar-refractivity contribution is 5.96. The molecule has 1 saturated heterocycles. The first kappa shape index (κ1) is 24.0. The number of nitrogens with one attached hydrogen (secondary N) is 1.